The van der Waals surface area contributed by atoms with E-state index in [4.69, 9.17) is 23.2 Å². The Balaban J connectivity index is 1.31. The zero-order chi connectivity index (χ0) is 41.7. The summed E-state index contributed by atoms with van der Waals surface area (Å²) >= 11 is 0.991. The van der Waals surface area contributed by atoms with Crippen LogP contribution in [0.5, 0.6) is 0 Å². The van der Waals surface area contributed by atoms with Gasteiger partial charge >= 0.3 is 0 Å². The molecule has 0 aliphatic rings. The Bertz CT molecular complexity index is 3310. The normalized spacial score (nSPS) is 14.4. The summed E-state index contributed by atoms with van der Waals surface area (Å²) in [4.78, 5) is 14.8. The summed E-state index contributed by atoms with van der Waals surface area (Å²) in [5, 5.41) is 0.402. The second-order valence-electron chi connectivity index (χ2n) is 11.7. The first-order chi connectivity index (χ1) is 28.9. The van der Waals surface area contributed by atoms with Crippen LogP contribution >= 0.6 is 11.3 Å². The minimum absolute atomic E-state index is 0.0262. The standard InChI is InChI=1S/C45H28N4S/c1-3-11-29(12-4-1)31-19-23-33(24-20-31)43-46-44(34-25-21-32(22-26-34)30-13-5-2-6-14-30)48-45(47-43)49-38-17-9-7-16-37(38)41-39(49)28-27-36-35-15-8-10-18-40(35)50-42(36)41/h1-28H/i7D,8D,9D,10D,15D,16D,17D,18D,27D,28D. The topological polar surface area (TPSA) is 43.6 Å². The summed E-state index contributed by atoms with van der Waals surface area (Å²) in [7, 11) is 0. The zero-order valence-corrected chi connectivity index (χ0v) is 26.9. The lowest BCUT2D eigenvalue weighted by Gasteiger charge is -2.12. The number of fused-ring (bicyclic) bond motifs is 7. The van der Waals surface area contributed by atoms with Crippen molar-refractivity contribution in [2.45, 2.75) is 0 Å². The molecule has 0 aliphatic heterocycles. The van der Waals surface area contributed by atoms with Crippen LogP contribution in [-0.2, 0) is 0 Å². The van der Waals surface area contributed by atoms with Crippen molar-refractivity contribution in [1.82, 2.24) is 19.5 Å². The Morgan fingerprint density at radius 2 is 0.960 bits per heavy atom. The van der Waals surface area contributed by atoms with Crippen LogP contribution in [0.4, 0.5) is 0 Å². The fourth-order valence-electron chi connectivity index (χ4n) is 6.38. The molecule has 0 fully saturated rings. The van der Waals surface area contributed by atoms with Crippen LogP contribution in [0, 0.1) is 0 Å². The van der Waals surface area contributed by atoms with Crippen molar-refractivity contribution in [1.29, 1.82) is 0 Å². The molecule has 0 bridgehead atoms. The highest BCUT2D eigenvalue weighted by Gasteiger charge is 2.20. The lowest BCUT2D eigenvalue weighted by molar-refractivity contribution is 0.954. The molecule has 0 spiro atoms. The lowest BCUT2D eigenvalue weighted by Crippen LogP contribution is -2.06. The van der Waals surface area contributed by atoms with E-state index in [0.29, 0.717) is 11.1 Å². The van der Waals surface area contributed by atoms with E-state index in [9.17, 15) is 5.48 Å². The van der Waals surface area contributed by atoms with Crippen LogP contribution in [0.1, 0.15) is 13.7 Å². The van der Waals surface area contributed by atoms with Gasteiger partial charge in [-0.15, -0.1) is 11.3 Å². The van der Waals surface area contributed by atoms with Crippen LogP contribution in [0.3, 0.4) is 0 Å². The lowest BCUT2D eigenvalue weighted by atomic mass is 10.0. The Hall–Kier alpha value is -6.43. The second kappa shape index (κ2) is 11.6. The van der Waals surface area contributed by atoms with E-state index in [1.54, 1.807) is 0 Å². The molecular weight excluding hydrogens is 629 g/mol. The van der Waals surface area contributed by atoms with E-state index in [1.807, 2.05) is 109 Å². The van der Waals surface area contributed by atoms with Gasteiger partial charge in [0, 0.05) is 42.1 Å². The van der Waals surface area contributed by atoms with Gasteiger partial charge in [-0.2, -0.15) is 9.97 Å². The van der Waals surface area contributed by atoms with Gasteiger partial charge in [-0.3, -0.25) is 4.57 Å². The van der Waals surface area contributed by atoms with Crippen molar-refractivity contribution in [2.75, 3.05) is 0 Å². The molecule has 0 radical (unpaired) electrons. The summed E-state index contributed by atoms with van der Waals surface area (Å²) in [6, 6.07) is 31.0. The monoisotopic (exact) mass is 666 g/mol. The summed E-state index contributed by atoms with van der Waals surface area (Å²) in [5.74, 6) is 0.445. The average molecular weight is 667 g/mol. The first kappa shape index (κ1) is 20.2. The van der Waals surface area contributed by atoms with Crippen LogP contribution < -0.4 is 0 Å². The largest absolute Gasteiger partial charge is 0.278 e. The van der Waals surface area contributed by atoms with E-state index in [1.165, 1.54) is 4.57 Å². The molecule has 0 atom stereocenters. The molecule has 0 saturated heterocycles. The van der Waals surface area contributed by atoms with Crippen molar-refractivity contribution in [2.24, 2.45) is 0 Å². The average Bonchev–Trinajstić information content (AvgIpc) is 3.87. The van der Waals surface area contributed by atoms with Crippen molar-refractivity contribution in [3.63, 3.8) is 0 Å². The van der Waals surface area contributed by atoms with Crippen molar-refractivity contribution < 1.29 is 13.7 Å². The van der Waals surface area contributed by atoms with Crippen molar-refractivity contribution >= 4 is 53.3 Å². The van der Waals surface area contributed by atoms with Gasteiger partial charge in [-0.05, 0) is 40.4 Å². The zero-order valence-electron chi connectivity index (χ0n) is 36.1. The van der Waals surface area contributed by atoms with Gasteiger partial charge in [0.05, 0.1) is 24.7 Å². The summed E-state index contributed by atoms with van der Waals surface area (Å²) in [6.45, 7) is 0. The van der Waals surface area contributed by atoms with E-state index in [-0.39, 0.29) is 83.7 Å². The minimum atomic E-state index is -0.524. The van der Waals surface area contributed by atoms with Crippen LogP contribution in [0.2, 0.25) is 0 Å². The highest BCUT2D eigenvalue weighted by atomic mass is 32.1. The third kappa shape index (κ3) is 4.71. The Labute approximate surface area is 306 Å². The van der Waals surface area contributed by atoms with Gasteiger partial charge in [0.2, 0.25) is 5.95 Å². The molecule has 10 rings (SSSR count). The van der Waals surface area contributed by atoms with Gasteiger partial charge in [0.15, 0.2) is 11.6 Å². The Morgan fingerprint density at radius 1 is 0.440 bits per heavy atom. The number of aromatic nitrogens is 4. The van der Waals surface area contributed by atoms with E-state index in [2.05, 4.69) is 0 Å². The molecular formula is C45H28N4S. The minimum Gasteiger partial charge on any atom is -0.278 e. The maximum atomic E-state index is 9.54. The summed E-state index contributed by atoms with van der Waals surface area (Å²) < 4.78 is 90.9. The Morgan fingerprint density at radius 3 is 1.58 bits per heavy atom. The molecule has 0 aliphatic carbocycles. The maximum Gasteiger partial charge on any atom is 0.238 e. The molecule has 0 N–H and O–H groups in total. The third-order valence-electron chi connectivity index (χ3n) is 8.79. The molecule has 0 unspecified atom stereocenters. The molecule has 3 aromatic heterocycles. The first-order valence-corrected chi connectivity index (χ1v) is 16.7. The number of rotatable bonds is 5. The predicted octanol–water partition coefficient (Wildman–Crippen LogP) is 12.0. The number of benzene rings is 7. The highest BCUT2D eigenvalue weighted by molar-refractivity contribution is 7.26. The van der Waals surface area contributed by atoms with Crippen molar-refractivity contribution in [3.8, 4) is 51.0 Å². The number of para-hydroxylation sites is 1. The maximum absolute atomic E-state index is 9.54. The second-order valence-corrected chi connectivity index (χ2v) is 12.7. The van der Waals surface area contributed by atoms with E-state index in [0.717, 1.165) is 33.6 Å². The van der Waals surface area contributed by atoms with Crippen molar-refractivity contribution in [3.05, 3.63) is 170 Å². The van der Waals surface area contributed by atoms with Crippen LogP contribution in [0.15, 0.2) is 170 Å². The summed E-state index contributed by atoms with van der Waals surface area (Å²) in [5.41, 5.74) is 5.24. The quantitative estimate of drug-likeness (QED) is 0.184. The van der Waals surface area contributed by atoms with Gasteiger partial charge in [-0.1, -0.05) is 151 Å². The predicted molar refractivity (Wildman–Crippen MR) is 209 cm³/mol. The number of hydrogen-bond acceptors (Lipinski definition) is 4. The fourth-order valence-corrected chi connectivity index (χ4v) is 7.50. The third-order valence-corrected chi connectivity index (χ3v) is 9.92. The molecule has 5 heteroatoms. The molecule has 50 heavy (non-hydrogen) atoms. The molecule has 4 nitrogen and oxygen atoms in total. The number of hydrogen-bond donors (Lipinski definition) is 0. The number of thiophene rings is 1. The van der Waals surface area contributed by atoms with E-state index < -0.39 is 36.3 Å². The molecule has 10 aromatic rings. The van der Waals surface area contributed by atoms with Gasteiger partial charge < -0.3 is 0 Å². The van der Waals surface area contributed by atoms with Gasteiger partial charge in [0.25, 0.3) is 0 Å². The molecule has 234 valence electrons. The molecule has 7 aromatic carbocycles. The van der Waals surface area contributed by atoms with Gasteiger partial charge in [-0.25, -0.2) is 4.98 Å². The SMILES string of the molecule is [2H]c1c([2H])c([2H])c2c(sc3c2c([2H])c([2H])c2c3c3c([2H])c([2H])c([2H])c([2H])c3n2-c2nc(-c3ccc(-c4ccccc4)cc3)nc(-c3ccc(-c4ccccc4)cc3)n2)c1[2H]. The number of nitrogens with zero attached hydrogens (tertiary/aromatic N) is 4. The van der Waals surface area contributed by atoms with E-state index >= 15 is 0 Å². The smallest absolute Gasteiger partial charge is 0.238 e. The van der Waals surface area contributed by atoms with Gasteiger partial charge in [0.1, 0.15) is 0 Å². The molecule has 0 amide bonds. The first-order valence-electron chi connectivity index (χ1n) is 20.9. The molecule has 0 saturated carbocycles. The van der Waals surface area contributed by atoms with Crippen LogP contribution in [0.25, 0.3) is 93.0 Å². The molecule has 3 heterocycles. The fraction of sp³-hybridized carbons (Fsp3) is 0. The highest BCUT2D eigenvalue weighted by Crippen LogP contribution is 2.43. The Kier molecular flexibility index (Phi) is 4.69. The van der Waals surface area contributed by atoms with Crippen LogP contribution in [-0.4, -0.2) is 19.5 Å². The summed E-state index contributed by atoms with van der Waals surface area (Å²) in [6.07, 6.45) is 0.